The van der Waals surface area contributed by atoms with Gasteiger partial charge in [0.25, 0.3) is 0 Å². The Bertz CT molecular complexity index is 3780. The number of allylic oxidation sites excluding steroid dienone is 6. The Balaban J connectivity index is 1.08. The van der Waals surface area contributed by atoms with E-state index in [9.17, 15) is 53.2 Å². The van der Waals surface area contributed by atoms with Crippen LogP contribution in [0.1, 0.15) is 139 Å². The van der Waals surface area contributed by atoms with Gasteiger partial charge in [0.15, 0.2) is 11.0 Å². The van der Waals surface area contributed by atoms with E-state index in [1.807, 2.05) is 97.9 Å². The van der Waals surface area contributed by atoms with Gasteiger partial charge in [-0.15, -0.1) is 0 Å². The largest absolute Gasteiger partial charge is 0.472 e. The molecule has 498 valence electrons. The van der Waals surface area contributed by atoms with Crippen LogP contribution in [0.5, 0.6) is 0 Å². The first-order chi connectivity index (χ1) is 43.0. The van der Waals surface area contributed by atoms with E-state index in [0.717, 1.165) is 16.3 Å². The third-order valence-corrected chi connectivity index (χ3v) is 22.0. The molecule has 2 aromatic carbocycles. The molecule has 0 spiro atoms. The molecule has 7 amide bonds. The van der Waals surface area contributed by atoms with Crippen LogP contribution in [0.2, 0.25) is 0 Å². The first-order valence-corrected chi connectivity index (χ1v) is 32.7. The first-order valence-electron chi connectivity index (χ1n) is 31.2. The van der Waals surface area contributed by atoms with Crippen LogP contribution < -0.4 is 49.6 Å². The van der Waals surface area contributed by atoms with Gasteiger partial charge in [0.1, 0.15) is 18.3 Å². The molecule has 8 bridgehead atoms. The Labute approximate surface area is 533 Å². The van der Waals surface area contributed by atoms with Crippen LogP contribution in [0.15, 0.2) is 92.0 Å². The minimum absolute atomic E-state index is 0.0121. The van der Waals surface area contributed by atoms with Gasteiger partial charge in [-0.05, 0) is 93.5 Å². The molecule has 9 rings (SSSR count). The highest BCUT2D eigenvalue weighted by atomic mass is 31.2. The SMILES string of the molecule is C/C1=C2N=C(/C=C3\N/C(=C(/C)C4=NC(C)(C5N=C1C(C)(CCC(=O)NCC(C)OP(=O)(O)OC1C(CO)OC([n+]6c[nH]c7cc8ccccc8cc76)C1O)C5CC(N)=O)C(C)(CC(N)=O)C4CCC(N)=O)C(C)(CC(N)=O)C3CCC(N)=O)C(C)(C)C/2CCC(N)=O. The molecule has 1 aromatic heterocycles. The van der Waals surface area contributed by atoms with E-state index in [1.54, 1.807) is 10.9 Å². The van der Waals surface area contributed by atoms with Gasteiger partial charge in [-0.25, -0.2) is 9.55 Å². The summed E-state index contributed by atoms with van der Waals surface area (Å²) >= 11 is 0. The van der Waals surface area contributed by atoms with Crippen LogP contribution in [0, 0.1) is 45.3 Å². The number of nitrogens with two attached hydrogens (primary N) is 6. The lowest BCUT2D eigenvalue weighted by molar-refractivity contribution is -0.743. The number of ether oxygens (including phenoxy) is 1. The number of phosphoric ester groups is 1. The Morgan fingerprint density at radius 3 is 2.01 bits per heavy atom. The normalized spacial score (nSPS) is 33.8. The molecule has 0 saturated carbocycles. The number of fused-ring (bicyclic) bond motifs is 8. The van der Waals surface area contributed by atoms with Gasteiger partial charge in [0, 0.05) is 131 Å². The van der Waals surface area contributed by atoms with Crippen molar-refractivity contribution >= 4 is 88.1 Å². The number of benzene rings is 2. The molecule has 0 aliphatic carbocycles. The van der Waals surface area contributed by atoms with E-state index in [2.05, 4.69) is 15.6 Å². The molecule has 15 unspecified atom stereocenters. The minimum Gasteiger partial charge on any atom is -0.394 e. The van der Waals surface area contributed by atoms with Crippen molar-refractivity contribution in [2.75, 3.05) is 13.2 Å². The van der Waals surface area contributed by atoms with Crippen molar-refractivity contribution in [3.8, 4) is 0 Å². The van der Waals surface area contributed by atoms with Gasteiger partial charge in [0.05, 0.1) is 24.3 Å². The molecule has 6 aliphatic rings. The fourth-order valence-electron chi connectivity index (χ4n) is 15.9. The lowest BCUT2D eigenvalue weighted by Gasteiger charge is -2.48. The summed E-state index contributed by atoms with van der Waals surface area (Å²) in [6.45, 7) is 15.4. The number of carbonyl (C=O) groups excluding carboxylic acids is 7. The third kappa shape index (κ3) is 12.8. The summed E-state index contributed by atoms with van der Waals surface area (Å²) in [5.74, 6) is -7.18. The highest BCUT2D eigenvalue weighted by molar-refractivity contribution is 7.47. The second-order valence-electron chi connectivity index (χ2n) is 27.4. The van der Waals surface area contributed by atoms with Crippen LogP contribution >= 0.6 is 7.82 Å². The number of imidazole rings is 1. The monoisotopic (exact) mass is 1290 g/mol. The van der Waals surface area contributed by atoms with E-state index in [0.29, 0.717) is 50.9 Å². The fraction of sp³-hybridized carbons (Fsp3) is 0.578. The summed E-state index contributed by atoms with van der Waals surface area (Å²) in [7, 11) is -5.08. The number of aromatic nitrogens is 2. The van der Waals surface area contributed by atoms with E-state index < -0.39 is 143 Å². The van der Waals surface area contributed by atoms with Gasteiger partial charge in [-0.2, -0.15) is 4.57 Å². The molecule has 3 aromatic rings. The molecule has 27 nitrogen and oxygen atoms in total. The lowest BCUT2D eigenvalue weighted by Crippen LogP contribution is -2.56. The molecule has 15 atom stereocenters. The number of aliphatic hydroxyl groups excluding tert-OH is 2. The number of nitrogens with zero attached hydrogens (tertiary/aromatic N) is 4. The lowest BCUT2D eigenvalue weighted by atomic mass is 9.55. The minimum atomic E-state index is -5.08. The predicted molar refractivity (Wildman–Crippen MR) is 340 cm³/mol. The van der Waals surface area contributed by atoms with Crippen molar-refractivity contribution in [1.29, 1.82) is 0 Å². The Morgan fingerprint density at radius 1 is 0.804 bits per heavy atom. The van der Waals surface area contributed by atoms with E-state index in [-0.39, 0.29) is 77.2 Å². The summed E-state index contributed by atoms with van der Waals surface area (Å²) in [5, 5.41) is 30.3. The van der Waals surface area contributed by atoms with E-state index in [1.165, 1.54) is 6.92 Å². The average molecular weight is 1300 g/mol. The second kappa shape index (κ2) is 25.8. The van der Waals surface area contributed by atoms with Crippen LogP contribution in [-0.4, -0.2) is 128 Å². The van der Waals surface area contributed by atoms with Crippen LogP contribution in [-0.2, 0) is 51.9 Å². The summed E-state index contributed by atoms with van der Waals surface area (Å²) in [4.78, 5) is 125. The number of aromatic amines is 1. The number of amides is 7. The van der Waals surface area contributed by atoms with Crippen molar-refractivity contribution in [2.45, 2.75) is 175 Å². The number of carbonyl (C=O) groups is 7. The molecule has 0 radical (unpaired) electrons. The van der Waals surface area contributed by atoms with Gasteiger partial charge in [0.2, 0.25) is 53.9 Å². The summed E-state index contributed by atoms with van der Waals surface area (Å²) < 4.78 is 32.5. The summed E-state index contributed by atoms with van der Waals surface area (Å²) in [6.07, 6.45) is -4.14. The van der Waals surface area contributed by atoms with Crippen molar-refractivity contribution in [1.82, 2.24) is 15.6 Å². The maximum atomic E-state index is 14.4. The van der Waals surface area contributed by atoms with Crippen LogP contribution in [0.4, 0.5) is 0 Å². The zero-order valence-corrected chi connectivity index (χ0v) is 54.5. The topological polar surface area (TPSA) is 462 Å². The molecule has 2 fully saturated rings. The zero-order chi connectivity index (χ0) is 67.5. The maximum Gasteiger partial charge on any atom is 0.472 e. The average Bonchev–Trinajstić information content (AvgIpc) is 1.53. The van der Waals surface area contributed by atoms with Crippen molar-refractivity contribution in [3.63, 3.8) is 0 Å². The van der Waals surface area contributed by atoms with Gasteiger partial charge in [-0.3, -0.25) is 57.6 Å². The number of hydrogen-bond acceptors (Lipinski definition) is 17. The molecule has 28 heteroatoms. The maximum absolute atomic E-state index is 14.4. The van der Waals surface area contributed by atoms with Crippen LogP contribution in [0.3, 0.4) is 0 Å². The number of H-pyrrole nitrogens is 1. The summed E-state index contributed by atoms with van der Waals surface area (Å²) in [6, 6.07) is 10.5. The fourth-order valence-corrected chi connectivity index (χ4v) is 17.1. The second-order valence-corrected chi connectivity index (χ2v) is 28.8. The Kier molecular flexibility index (Phi) is 19.3. The first kappa shape index (κ1) is 68.8. The highest BCUT2D eigenvalue weighted by Gasteiger charge is 2.66. The zero-order valence-electron chi connectivity index (χ0n) is 53.6. The Hall–Kier alpha value is -7.52. The highest BCUT2D eigenvalue weighted by Crippen LogP contribution is 2.63. The molecular formula is C64H89N13O14P+. The third-order valence-electron chi connectivity index (χ3n) is 20.9. The molecule has 7 heterocycles. The smallest absolute Gasteiger partial charge is 0.394 e. The number of aliphatic hydroxyl groups is 2. The van der Waals surface area contributed by atoms with Crippen molar-refractivity contribution < 1.29 is 71.6 Å². The summed E-state index contributed by atoms with van der Waals surface area (Å²) in [5.41, 5.74) is 35.6. The number of aliphatic imine (C=N–C) groups is 3. The molecule has 2 saturated heterocycles. The number of nitrogens with one attached hydrogen (secondary N) is 3. The Morgan fingerprint density at radius 2 is 1.41 bits per heavy atom. The standard InChI is InChI=1S/C64H88N13O14P/c1-31(90-92(87,88)91-55-43(29-78)89-59(54(55)86)77-30-72-41-22-34-12-10-11-13-35(34)23-42(41)77)28-71-51(85)20-21-61(6)39(24-48(68)82)58-64(9)63(8,27-50(70)84)38(16-19-47(67)81)53(76-64)33(3)57-62(7,26-49(69)83)36(14-17-45(65)79)40(73-57)25-44-60(4,5)37(15-18-46(66)80)52(74-44)32(2)56(61)75-58/h10-13,22-23,25,30-31,36-39,43,54-55,58-59,78,86H,14-21,24,26-29H2,1-9H3,(H15,65,66,67,68,69,70,71,73,74,75,76,79,80,81,82,83,84,85,87,88)/p+1. The van der Waals surface area contributed by atoms with Gasteiger partial charge < -0.3 is 64.9 Å². The van der Waals surface area contributed by atoms with E-state index >= 15 is 0 Å². The van der Waals surface area contributed by atoms with Gasteiger partial charge >= 0.3 is 7.82 Å². The quantitative estimate of drug-likeness (QED) is 0.0406. The number of phosphoric acid groups is 1. The van der Waals surface area contributed by atoms with Crippen molar-refractivity contribution in [2.24, 2.45) is 94.7 Å². The van der Waals surface area contributed by atoms with Crippen LogP contribution in [0.25, 0.3) is 21.8 Å². The molecule has 6 aliphatic heterocycles. The van der Waals surface area contributed by atoms with E-state index in [4.69, 9.17) is 63.2 Å². The number of rotatable bonds is 26. The molecule has 18 N–H and O–H groups in total. The number of primary amides is 6. The predicted octanol–water partition coefficient (Wildman–Crippen LogP) is 3.12. The molecular weight excluding hydrogens is 1210 g/mol. The molecule has 92 heavy (non-hydrogen) atoms. The number of hydrogen-bond donors (Lipinski definition) is 12. The van der Waals surface area contributed by atoms with Gasteiger partial charge in [-0.1, -0.05) is 58.9 Å². The van der Waals surface area contributed by atoms with Crippen molar-refractivity contribution in [3.05, 3.63) is 77.0 Å².